The van der Waals surface area contributed by atoms with Crippen molar-refractivity contribution in [2.45, 2.75) is 53.4 Å². The van der Waals surface area contributed by atoms with Crippen molar-refractivity contribution >= 4 is 0 Å². The van der Waals surface area contributed by atoms with E-state index in [4.69, 9.17) is 0 Å². The molecule has 2 aliphatic rings. The predicted molar refractivity (Wildman–Crippen MR) is 55.1 cm³/mol. The van der Waals surface area contributed by atoms with E-state index >= 15 is 0 Å². The molecule has 0 nitrogen and oxygen atoms in total. The molecule has 0 aromatic rings. The summed E-state index contributed by atoms with van der Waals surface area (Å²) in [5, 5.41) is 0. The zero-order chi connectivity index (χ0) is 9.14. The Morgan fingerprint density at radius 1 is 0.917 bits per heavy atom. The van der Waals surface area contributed by atoms with Crippen molar-refractivity contribution in [1.29, 1.82) is 0 Å². The summed E-state index contributed by atoms with van der Waals surface area (Å²) >= 11 is 0. The van der Waals surface area contributed by atoms with Crippen molar-refractivity contribution < 1.29 is 0 Å². The van der Waals surface area contributed by atoms with Gasteiger partial charge >= 0.3 is 0 Å². The van der Waals surface area contributed by atoms with Crippen LogP contribution < -0.4 is 0 Å². The Morgan fingerprint density at radius 3 is 2.17 bits per heavy atom. The van der Waals surface area contributed by atoms with E-state index in [1.165, 1.54) is 25.7 Å². The van der Waals surface area contributed by atoms with Gasteiger partial charge in [-0.25, -0.2) is 0 Å². The normalized spacial score (nSPS) is 45.0. The van der Waals surface area contributed by atoms with E-state index in [0.29, 0.717) is 0 Å². The molecule has 0 N–H and O–H groups in total. The van der Waals surface area contributed by atoms with Gasteiger partial charge in [-0.1, -0.05) is 34.1 Å². The van der Waals surface area contributed by atoms with E-state index in [-0.39, 0.29) is 0 Å². The SMILES string of the molecule is CC.CC1CC2CCC(C)C2C1. The fourth-order valence-corrected chi connectivity index (χ4v) is 3.16. The lowest BCUT2D eigenvalue weighted by atomic mass is 9.93. The second kappa shape index (κ2) is 4.30. The third-order valence-corrected chi connectivity index (χ3v) is 3.71. The van der Waals surface area contributed by atoms with Crippen molar-refractivity contribution in [3.63, 3.8) is 0 Å². The summed E-state index contributed by atoms with van der Waals surface area (Å²) in [7, 11) is 0. The topological polar surface area (TPSA) is 0 Å². The maximum Gasteiger partial charge on any atom is -0.0357 e. The second-order valence-corrected chi connectivity index (χ2v) is 4.56. The molecular weight excluding hydrogens is 144 g/mol. The molecule has 4 unspecified atom stereocenters. The van der Waals surface area contributed by atoms with Gasteiger partial charge in [0.05, 0.1) is 0 Å². The van der Waals surface area contributed by atoms with Crippen molar-refractivity contribution in [2.24, 2.45) is 23.7 Å². The zero-order valence-corrected chi connectivity index (χ0v) is 9.14. The van der Waals surface area contributed by atoms with Crippen LogP contribution in [0.25, 0.3) is 0 Å². The molecule has 0 amide bonds. The Morgan fingerprint density at radius 2 is 1.58 bits per heavy atom. The molecule has 2 saturated carbocycles. The molecule has 4 atom stereocenters. The molecule has 0 aromatic carbocycles. The molecule has 0 aliphatic heterocycles. The van der Waals surface area contributed by atoms with E-state index in [1.54, 1.807) is 0 Å². The summed E-state index contributed by atoms with van der Waals surface area (Å²) in [6.45, 7) is 8.87. The molecule has 0 bridgehead atoms. The van der Waals surface area contributed by atoms with Crippen LogP contribution in [0.2, 0.25) is 0 Å². The van der Waals surface area contributed by atoms with Crippen LogP contribution in [0, 0.1) is 23.7 Å². The highest BCUT2D eigenvalue weighted by molar-refractivity contribution is 4.89. The average Bonchev–Trinajstić information content (AvgIpc) is 2.58. The lowest BCUT2D eigenvalue weighted by Gasteiger charge is -2.12. The first-order valence-corrected chi connectivity index (χ1v) is 5.77. The largest absolute Gasteiger partial charge is 0.0683 e. The molecular formula is C12H24. The van der Waals surface area contributed by atoms with Gasteiger partial charge in [-0.2, -0.15) is 0 Å². The highest BCUT2D eigenvalue weighted by atomic mass is 14.4. The monoisotopic (exact) mass is 168 g/mol. The molecule has 2 aliphatic carbocycles. The first kappa shape index (κ1) is 10.1. The summed E-state index contributed by atoms with van der Waals surface area (Å²) in [6.07, 6.45) is 6.12. The quantitative estimate of drug-likeness (QED) is 0.511. The molecule has 0 heterocycles. The van der Waals surface area contributed by atoms with E-state index in [9.17, 15) is 0 Å². The van der Waals surface area contributed by atoms with Crippen molar-refractivity contribution in [2.75, 3.05) is 0 Å². The maximum absolute atomic E-state index is 2.45. The van der Waals surface area contributed by atoms with Gasteiger partial charge in [0.2, 0.25) is 0 Å². The summed E-state index contributed by atoms with van der Waals surface area (Å²) < 4.78 is 0. The van der Waals surface area contributed by atoms with E-state index in [1.807, 2.05) is 13.8 Å². The Bertz CT molecular complexity index is 128. The van der Waals surface area contributed by atoms with E-state index < -0.39 is 0 Å². The number of rotatable bonds is 0. The minimum absolute atomic E-state index is 1.04. The van der Waals surface area contributed by atoms with Crippen LogP contribution in [0.5, 0.6) is 0 Å². The molecule has 72 valence electrons. The smallest absolute Gasteiger partial charge is 0.0357 e. The van der Waals surface area contributed by atoms with Gasteiger partial charge in [0, 0.05) is 0 Å². The van der Waals surface area contributed by atoms with Gasteiger partial charge in [-0.05, 0) is 42.9 Å². The average molecular weight is 168 g/mol. The Hall–Kier alpha value is 0. The van der Waals surface area contributed by atoms with Crippen LogP contribution in [0.15, 0.2) is 0 Å². The maximum atomic E-state index is 2.45. The van der Waals surface area contributed by atoms with Crippen molar-refractivity contribution in [1.82, 2.24) is 0 Å². The standard InChI is InChI=1S/C10H18.C2H6/c1-7-5-9-4-3-8(2)10(9)6-7;1-2/h7-10H,3-6H2,1-2H3;1-2H3. The van der Waals surface area contributed by atoms with Gasteiger partial charge in [0.15, 0.2) is 0 Å². The van der Waals surface area contributed by atoms with Gasteiger partial charge < -0.3 is 0 Å². The second-order valence-electron chi connectivity index (χ2n) is 4.56. The number of hydrogen-bond donors (Lipinski definition) is 0. The zero-order valence-electron chi connectivity index (χ0n) is 9.14. The number of fused-ring (bicyclic) bond motifs is 1. The van der Waals surface area contributed by atoms with Gasteiger partial charge in [-0.15, -0.1) is 0 Å². The van der Waals surface area contributed by atoms with Crippen molar-refractivity contribution in [3.8, 4) is 0 Å². The minimum Gasteiger partial charge on any atom is -0.0683 e. The van der Waals surface area contributed by atoms with Crippen molar-refractivity contribution in [3.05, 3.63) is 0 Å². The molecule has 0 spiro atoms. The van der Waals surface area contributed by atoms with Gasteiger partial charge in [-0.3, -0.25) is 0 Å². The van der Waals surface area contributed by atoms with Crippen LogP contribution in [0.1, 0.15) is 53.4 Å². The van der Waals surface area contributed by atoms with E-state index in [0.717, 1.165) is 23.7 Å². The minimum atomic E-state index is 1.04. The fourth-order valence-electron chi connectivity index (χ4n) is 3.16. The van der Waals surface area contributed by atoms with Crippen LogP contribution in [0.4, 0.5) is 0 Å². The third kappa shape index (κ3) is 1.84. The molecule has 0 radical (unpaired) electrons. The summed E-state index contributed by atoms with van der Waals surface area (Å²) in [5.74, 6) is 4.34. The first-order valence-electron chi connectivity index (χ1n) is 5.77. The Balaban J connectivity index is 0.000000336. The lowest BCUT2D eigenvalue weighted by molar-refractivity contribution is 0.371. The van der Waals surface area contributed by atoms with Gasteiger partial charge in [0.25, 0.3) is 0 Å². The van der Waals surface area contributed by atoms with Gasteiger partial charge in [0.1, 0.15) is 0 Å². The van der Waals surface area contributed by atoms with E-state index in [2.05, 4.69) is 13.8 Å². The highest BCUT2D eigenvalue weighted by Crippen LogP contribution is 2.49. The fraction of sp³-hybridized carbons (Fsp3) is 1.00. The Labute approximate surface area is 77.7 Å². The van der Waals surface area contributed by atoms with Crippen LogP contribution in [-0.4, -0.2) is 0 Å². The molecule has 2 fully saturated rings. The summed E-state index contributed by atoms with van der Waals surface area (Å²) in [5.41, 5.74) is 0. The summed E-state index contributed by atoms with van der Waals surface area (Å²) in [4.78, 5) is 0. The molecule has 2 rings (SSSR count). The predicted octanol–water partition coefficient (Wildman–Crippen LogP) is 4.10. The lowest BCUT2D eigenvalue weighted by Crippen LogP contribution is -2.04. The molecule has 0 heteroatoms. The van der Waals surface area contributed by atoms with Crippen LogP contribution in [-0.2, 0) is 0 Å². The summed E-state index contributed by atoms with van der Waals surface area (Å²) in [6, 6.07) is 0. The molecule has 0 saturated heterocycles. The van der Waals surface area contributed by atoms with Crippen LogP contribution >= 0.6 is 0 Å². The Kier molecular flexibility index (Phi) is 3.61. The molecule has 0 aromatic heterocycles. The first-order chi connectivity index (χ1) is 5.77. The third-order valence-electron chi connectivity index (χ3n) is 3.71. The highest BCUT2D eigenvalue weighted by Gasteiger charge is 2.39. The number of hydrogen-bond acceptors (Lipinski definition) is 0. The molecule has 12 heavy (non-hydrogen) atoms. The van der Waals surface area contributed by atoms with Crippen LogP contribution in [0.3, 0.4) is 0 Å².